The Morgan fingerprint density at radius 3 is 2.47 bits per heavy atom. The molecule has 1 aliphatic carbocycles. The first kappa shape index (κ1) is 12.7. The van der Waals surface area contributed by atoms with Crippen LogP contribution in [0.5, 0.6) is 0 Å². The van der Waals surface area contributed by atoms with Gasteiger partial charge in [-0.05, 0) is 25.7 Å². The number of hydrogen-bond donors (Lipinski definition) is 0. The van der Waals surface area contributed by atoms with Gasteiger partial charge in [0.25, 0.3) is 0 Å². The van der Waals surface area contributed by atoms with Gasteiger partial charge in [0.05, 0.1) is 5.60 Å². The van der Waals surface area contributed by atoms with Gasteiger partial charge < -0.3 is 9.47 Å². The highest BCUT2D eigenvalue weighted by molar-refractivity contribution is 5.81. The van der Waals surface area contributed by atoms with Crippen LogP contribution in [0, 0.1) is 5.92 Å². The summed E-state index contributed by atoms with van der Waals surface area (Å²) >= 11 is 0. The van der Waals surface area contributed by atoms with Crippen LogP contribution in [0.3, 0.4) is 0 Å². The fourth-order valence-corrected chi connectivity index (χ4v) is 1.97. The maximum Gasteiger partial charge on any atom is 0.138 e. The van der Waals surface area contributed by atoms with Gasteiger partial charge in [0.1, 0.15) is 5.78 Å². The molecule has 1 fully saturated rings. The number of carbonyl (C=O) groups excluding carboxylic acids is 1. The second-order valence-electron chi connectivity index (χ2n) is 4.57. The van der Waals surface area contributed by atoms with Crippen LogP contribution in [-0.4, -0.2) is 32.2 Å². The van der Waals surface area contributed by atoms with E-state index >= 15 is 0 Å². The summed E-state index contributed by atoms with van der Waals surface area (Å²) in [5.41, 5.74) is -0.127. The van der Waals surface area contributed by atoms with Crippen LogP contribution in [0.2, 0.25) is 0 Å². The highest BCUT2D eigenvalue weighted by Gasteiger charge is 2.39. The van der Waals surface area contributed by atoms with Gasteiger partial charge in [-0.25, -0.2) is 0 Å². The highest BCUT2D eigenvalue weighted by atomic mass is 16.5. The zero-order valence-electron chi connectivity index (χ0n) is 10.0. The minimum absolute atomic E-state index is 0.0950. The van der Waals surface area contributed by atoms with E-state index < -0.39 is 0 Å². The summed E-state index contributed by atoms with van der Waals surface area (Å²) in [6.07, 6.45) is 4.65. The van der Waals surface area contributed by atoms with Gasteiger partial charge in [0.15, 0.2) is 0 Å². The lowest BCUT2D eigenvalue weighted by molar-refractivity contribution is -0.136. The lowest BCUT2D eigenvalue weighted by atomic mass is 9.75. The van der Waals surface area contributed by atoms with E-state index in [0.29, 0.717) is 18.8 Å². The number of hydrogen-bond acceptors (Lipinski definition) is 3. The average molecular weight is 214 g/mol. The van der Waals surface area contributed by atoms with Gasteiger partial charge in [-0.15, -0.1) is 0 Å². The van der Waals surface area contributed by atoms with Crippen LogP contribution in [0.4, 0.5) is 0 Å². The molecule has 15 heavy (non-hydrogen) atoms. The Balaban J connectivity index is 2.33. The molecule has 1 aliphatic rings. The zero-order chi connectivity index (χ0) is 11.3. The van der Waals surface area contributed by atoms with Crippen molar-refractivity contribution in [3.63, 3.8) is 0 Å². The van der Waals surface area contributed by atoms with Crippen LogP contribution in [0.25, 0.3) is 0 Å². The Kier molecular flexibility index (Phi) is 4.74. The molecule has 0 amide bonds. The first-order valence-electron chi connectivity index (χ1n) is 5.70. The van der Waals surface area contributed by atoms with Crippen LogP contribution < -0.4 is 0 Å². The first-order valence-corrected chi connectivity index (χ1v) is 5.70. The molecule has 1 atom stereocenters. The van der Waals surface area contributed by atoms with Gasteiger partial charge in [0.2, 0.25) is 0 Å². The molecule has 1 rings (SSSR count). The molecule has 0 spiro atoms. The Morgan fingerprint density at radius 1 is 1.40 bits per heavy atom. The highest BCUT2D eigenvalue weighted by Crippen LogP contribution is 2.38. The number of carbonyl (C=O) groups is 1. The summed E-state index contributed by atoms with van der Waals surface area (Å²) < 4.78 is 10.4. The number of rotatable bonds is 7. The third kappa shape index (κ3) is 3.28. The molecule has 0 aromatic rings. The molecule has 0 radical (unpaired) electrons. The van der Waals surface area contributed by atoms with Crippen LogP contribution >= 0.6 is 0 Å². The zero-order valence-corrected chi connectivity index (χ0v) is 10.0. The Morgan fingerprint density at radius 2 is 2.07 bits per heavy atom. The van der Waals surface area contributed by atoms with E-state index in [1.54, 1.807) is 14.2 Å². The molecular formula is C12H22O3. The lowest BCUT2D eigenvalue weighted by Crippen LogP contribution is -2.42. The first-order chi connectivity index (χ1) is 7.13. The number of ketones is 1. The standard InChI is InChI=1S/C12H22O3/c1-10(5-8-14-2)11(13)9-12(15-3)6-4-7-12/h10H,4-9H2,1-3H3. The molecule has 1 unspecified atom stereocenters. The molecule has 0 saturated heterocycles. The number of ether oxygens (including phenoxy) is 2. The van der Waals surface area contributed by atoms with Crippen molar-refractivity contribution in [1.29, 1.82) is 0 Å². The minimum atomic E-state index is -0.127. The van der Waals surface area contributed by atoms with Gasteiger partial charge >= 0.3 is 0 Å². The predicted octanol–water partition coefficient (Wildman–Crippen LogP) is 2.19. The monoisotopic (exact) mass is 214 g/mol. The molecular weight excluding hydrogens is 192 g/mol. The summed E-state index contributed by atoms with van der Waals surface area (Å²) in [7, 11) is 3.38. The smallest absolute Gasteiger partial charge is 0.138 e. The van der Waals surface area contributed by atoms with Crippen molar-refractivity contribution in [3.05, 3.63) is 0 Å². The number of methoxy groups -OCH3 is 2. The van der Waals surface area contributed by atoms with Crippen LogP contribution in [0.15, 0.2) is 0 Å². The molecule has 0 N–H and O–H groups in total. The molecule has 1 saturated carbocycles. The largest absolute Gasteiger partial charge is 0.385 e. The fraction of sp³-hybridized carbons (Fsp3) is 0.917. The quantitative estimate of drug-likeness (QED) is 0.651. The van der Waals surface area contributed by atoms with E-state index in [2.05, 4.69) is 0 Å². The number of Topliss-reactive ketones (excluding diaryl/α,β-unsaturated/α-hetero) is 1. The molecule has 0 aromatic carbocycles. The average Bonchev–Trinajstić information content (AvgIpc) is 2.19. The third-order valence-corrected chi connectivity index (χ3v) is 3.50. The third-order valence-electron chi connectivity index (χ3n) is 3.50. The summed E-state index contributed by atoms with van der Waals surface area (Å²) in [5, 5.41) is 0. The summed E-state index contributed by atoms with van der Waals surface area (Å²) in [5.74, 6) is 0.408. The predicted molar refractivity (Wildman–Crippen MR) is 58.9 cm³/mol. The SMILES string of the molecule is COCCC(C)C(=O)CC1(OC)CCC1. The van der Waals surface area contributed by atoms with Crippen molar-refractivity contribution >= 4 is 5.78 Å². The maximum absolute atomic E-state index is 11.9. The summed E-state index contributed by atoms with van der Waals surface area (Å²) in [4.78, 5) is 11.9. The van der Waals surface area contributed by atoms with Crippen LogP contribution in [-0.2, 0) is 14.3 Å². The van der Waals surface area contributed by atoms with Gasteiger partial charge in [-0.2, -0.15) is 0 Å². The molecule has 0 aromatic heterocycles. The molecule has 3 nitrogen and oxygen atoms in total. The Labute approximate surface area is 92.1 Å². The van der Waals surface area contributed by atoms with E-state index in [-0.39, 0.29) is 11.5 Å². The topological polar surface area (TPSA) is 35.5 Å². The van der Waals surface area contributed by atoms with Crippen molar-refractivity contribution < 1.29 is 14.3 Å². The van der Waals surface area contributed by atoms with Crippen molar-refractivity contribution in [1.82, 2.24) is 0 Å². The normalized spacial score (nSPS) is 20.7. The second-order valence-corrected chi connectivity index (χ2v) is 4.57. The second kappa shape index (κ2) is 5.61. The lowest BCUT2D eigenvalue weighted by Gasteiger charge is -2.40. The summed E-state index contributed by atoms with van der Waals surface area (Å²) in [6.45, 7) is 2.64. The van der Waals surface area contributed by atoms with Crippen LogP contribution in [0.1, 0.15) is 39.0 Å². The van der Waals surface area contributed by atoms with Gasteiger partial charge in [-0.1, -0.05) is 6.92 Å². The van der Waals surface area contributed by atoms with E-state index in [0.717, 1.165) is 19.3 Å². The van der Waals surface area contributed by atoms with E-state index in [9.17, 15) is 4.79 Å². The molecule has 3 heteroatoms. The Bertz CT molecular complexity index is 203. The van der Waals surface area contributed by atoms with Gasteiger partial charge in [0, 0.05) is 33.2 Å². The van der Waals surface area contributed by atoms with E-state index in [4.69, 9.17) is 9.47 Å². The van der Waals surface area contributed by atoms with E-state index in [1.807, 2.05) is 6.92 Å². The van der Waals surface area contributed by atoms with Crippen molar-refractivity contribution in [2.75, 3.05) is 20.8 Å². The van der Waals surface area contributed by atoms with Crippen molar-refractivity contribution in [2.45, 2.75) is 44.6 Å². The molecule has 0 heterocycles. The minimum Gasteiger partial charge on any atom is -0.385 e. The Hall–Kier alpha value is -0.410. The molecule has 88 valence electrons. The fourth-order valence-electron chi connectivity index (χ4n) is 1.97. The maximum atomic E-state index is 11.9. The molecule has 0 bridgehead atoms. The van der Waals surface area contributed by atoms with Crippen molar-refractivity contribution in [3.8, 4) is 0 Å². The van der Waals surface area contributed by atoms with Gasteiger partial charge in [-0.3, -0.25) is 4.79 Å². The van der Waals surface area contributed by atoms with Crippen molar-refractivity contribution in [2.24, 2.45) is 5.92 Å². The summed E-state index contributed by atoms with van der Waals surface area (Å²) in [6, 6.07) is 0. The van der Waals surface area contributed by atoms with E-state index in [1.165, 1.54) is 6.42 Å². The molecule has 0 aliphatic heterocycles.